The first kappa shape index (κ1) is 29.7. The number of hydrogen-bond donors (Lipinski definition) is 3. The van der Waals surface area contributed by atoms with E-state index in [0.29, 0.717) is 51.5 Å². The lowest BCUT2D eigenvalue weighted by Crippen LogP contribution is -2.41. The van der Waals surface area contributed by atoms with Crippen molar-refractivity contribution >= 4 is 35.8 Å². The van der Waals surface area contributed by atoms with Crippen LogP contribution in [0.2, 0.25) is 0 Å². The molecule has 0 aliphatic carbocycles. The second-order valence-corrected chi connectivity index (χ2v) is 9.20. The Morgan fingerprint density at radius 2 is 1.70 bits per heavy atom. The van der Waals surface area contributed by atoms with Crippen molar-refractivity contribution < 1.29 is 38.2 Å². The second-order valence-electron chi connectivity index (χ2n) is 9.20. The highest BCUT2D eigenvalue weighted by Gasteiger charge is 2.41. The van der Waals surface area contributed by atoms with Gasteiger partial charge in [0.2, 0.25) is 5.91 Å². The lowest BCUT2D eigenvalue weighted by atomic mass is 10.1. The second kappa shape index (κ2) is 14.3. The van der Waals surface area contributed by atoms with Crippen LogP contribution in [0.25, 0.3) is 0 Å². The van der Waals surface area contributed by atoms with Crippen LogP contribution in [0.5, 0.6) is 0 Å². The third-order valence-electron chi connectivity index (χ3n) is 5.23. The average molecular weight is 521 g/mol. The maximum atomic E-state index is 13.0. The molecule has 0 bridgehead atoms. The van der Waals surface area contributed by atoms with Crippen LogP contribution in [-0.2, 0) is 23.8 Å². The lowest BCUT2D eigenvalue weighted by Gasteiger charge is -2.21. The third kappa shape index (κ3) is 9.14. The number of fused-ring (bicyclic) bond motifs is 1. The molecule has 12 heteroatoms. The molecule has 2 rings (SSSR count). The van der Waals surface area contributed by atoms with Gasteiger partial charge in [-0.15, -0.1) is 0 Å². The fraction of sp³-hybridized carbons (Fsp3) is 0.560. The summed E-state index contributed by atoms with van der Waals surface area (Å²) < 4.78 is 16.0. The van der Waals surface area contributed by atoms with E-state index >= 15 is 0 Å². The van der Waals surface area contributed by atoms with Crippen LogP contribution in [-0.4, -0.2) is 93.2 Å². The van der Waals surface area contributed by atoms with E-state index in [1.807, 2.05) is 0 Å². The SMILES string of the molecule is CNC(=O)CCC(C=O)N1C(=O)c2cccc(NCCOCCOCCNC(=O)OC(C)(C)C)c2C1=O. The van der Waals surface area contributed by atoms with E-state index in [0.717, 1.165) is 4.90 Å². The zero-order chi connectivity index (χ0) is 27.4. The van der Waals surface area contributed by atoms with Crippen LogP contribution in [0.15, 0.2) is 18.2 Å². The Morgan fingerprint density at radius 1 is 1.03 bits per heavy atom. The maximum Gasteiger partial charge on any atom is 0.407 e. The number of alkyl carbamates (subject to hydrolysis) is 1. The van der Waals surface area contributed by atoms with Gasteiger partial charge < -0.3 is 35.0 Å². The Morgan fingerprint density at radius 3 is 2.32 bits per heavy atom. The molecule has 0 spiro atoms. The van der Waals surface area contributed by atoms with Gasteiger partial charge in [-0.1, -0.05) is 6.07 Å². The summed E-state index contributed by atoms with van der Waals surface area (Å²) in [5, 5.41) is 8.14. The van der Waals surface area contributed by atoms with Gasteiger partial charge in [0, 0.05) is 32.2 Å². The topological polar surface area (TPSA) is 152 Å². The largest absolute Gasteiger partial charge is 0.444 e. The molecule has 1 heterocycles. The Bertz CT molecular complexity index is 976. The smallest absolute Gasteiger partial charge is 0.407 e. The molecular formula is C25H36N4O8. The standard InChI is InChI=1S/C25H36N4O8/c1-25(2,3)37-24(34)28-11-13-36-15-14-35-12-10-27-19-7-5-6-18-21(19)23(33)29(22(18)32)17(16-30)8-9-20(31)26-4/h5-7,16-17,27H,8-15H2,1-4H3,(H,26,31)(H,28,34). The van der Waals surface area contributed by atoms with Crippen LogP contribution in [0.3, 0.4) is 0 Å². The number of hydrogen-bond acceptors (Lipinski definition) is 9. The minimum atomic E-state index is -1.03. The van der Waals surface area contributed by atoms with E-state index in [1.54, 1.807) is 32.9 Å². The van der Waals surface area contributed by atoms with Crippen LogP contribution >= 0.6 is 0 Å². The molecular weight excluding hydrogens is 484 g/mol. The van der Waals surface area contributed by atoms with E-state index < -0.39 is 29.6 Å². The number of aldehydes is 1. The summed E-state index contributed by atoms with van der Waals surface area (Å²) in [6.45, 7) is 7.34. The Kier molecular flexibility index (Phi) is 11.5. The summed E-state index contributed by atoms with van der Waals surface area (Å²) >= 11 is 0. The zero-order valence-corrected chi connectivity index (χ0v) is 21.8. The number of nitrogens with one attached hydrogen (secondary N) is 3. The van der Waals surface area contributed by atoms with Gasteiger partial charge >= 0.3 is 6.09 Å². The van der Waals surface area contributed by atoms with Gasteiger partial charge in [-0.3, -0.25) is 19.3 Å². The molecule has 0 aromatic heterocycles. The van der Waals surface area contributed by atoms with E-state index in [4.69, 9.17) is 14.2 Å². The maximum absolute atomic E-state index is 13.0. The fourth-order valence-corrected chi connectivity index (χ4v) is 3.53. The average Bonchev–Trinajstić information content (AvgIpc) is 3.10. The molecule has 1 unspecified atom stereocenters. The number of ether oxygens (including phenoxy) is 3. The van der Waals surface area contributed by atoms with Crippen molar-refractivity contribution in [2.75, 3.05) is 51.9 Å². The van der Waals surface area contributed by atoms with Gasteiger partial charge in [0.25, 0.3) is 11.8 Å². The fourth-order valence-electron chi connectivity index (χ4n) is 3.53. The molecule has 0 radical (unpaired) electrons. The van der Waals surface area contributed by atoms with Crippen molar-refractivity contribution in [3.05, 3.63) is 29.3 Å². The number of imide groups is 1. The molecule has 0 saturated heterocycles. The molecule has 1 aliphatic rings. The predicted octanol–water partition coefficient (Wildman–Crippen LogP) is 1.35. The molecule has 4 amide bonds. The number of benzene rings is 1. The minimum Gasteiger partial charge on any atom is -0.444 e. The van der Waals surface area contributed by atoms with Crippen molar-refractivity contribution in [1.82, 2.24) is 15.5 Å². The van der Waals surface area contributed by atoms with Gasteiger partial charge in [0.1, 0.15) is 11.9 Å². The monoisotopic (exact) mass is 520 g/mol. The lowest BCUT2D eigenvalue weighted by molar-refractivity contribution is -0.121. The molecule has 1 aliphatic heterocycles. The Balaban J connectivity index is 1.74. The van der Waals surface area contributed by atoms with E-state index in [1.165, 1.54) is 13.1 Å². The molecule has 12 nitrogen and oxygen atoms in total. The third-order valence-corrected chi connectivity index (χ3v) is 5.23. The van der Waals surface area contributed by atoms with Crippen LogP contribution in [0.1, 0.15) is 54.3 Å². The number of nitrogens with zero attached hydrogens (tertiary/aromatic N) is 1. The summed E-state index contributed by atoms with van der Waals surface area (Å²) in [7, 11) is 1.47. The van der Waals surface area contributed by atoms with E-state index in [2.05, 4.69) is 16.0 Å². The molecule has 204 valence electrons. The number of amides is 4. The van der Waals surface area contributed by atoms with Gasteiger partial charge in [0.15, 0.2) is 0 Å². The van der Waals surface area contributed by atoms with Gasteiger partial charge in [-0.25, -0.2) is 4.79 Å². The Labute approximate surface area is 216 Å². The van der Waals surface area contributed by atoms with Crippen LogP contribution < -0.4 is 16.0 Å². The van der Waals surface area contributed by atoms with Gasteiger partial charge in [-0.05, 0) is 39.3 Å². The van der Waals surface area contributed by atoms with Gasteiger partial charge in [-0.2, -0.15) is 0 Å². The van der Waals surface area contributed by atoms with Crippen molar-refractivity contribution in [3.8, 4) is 0 Å². The molecule has 0 saturated carbocycles. The highest BCUT2D eigenvalue weighted by molar-refractivity contribution is 6.24. The summed E-state index contributed by atoms with van der Waals surface area (Å²) in [5.41, 5.74) is 0.305. The first-order valence-electron chi connectivity index (χ1n) is 12.1. The summed E-state index contributed by atoms with van der Waals surface area (Å²) in [5.74, 6) is -1.42. The molecule has 1 aromatic rings. The van der Waals surface area contributed by atoms with E-state index in [9.17, 15) is 24.0 Å². The quantitative estimate of drug-likeness (QED) is 0.177. The number of rotatable bonds is 15. The first-order chi connectivity index (χ1) is 17.6. The van der Waals surface area contributed by atoms with Crippen molar-refractivity contribution in [2.45, 2.75) is 45.3 Å². The van der Waals surface area contributed by atoms with Crippen LogP contribution in [0.4, 0.5) is 10.5 Å². The molecule has 1 aromatic carbocycles. The Hall–Kier alpha value is -3.51. The van der Waals surface area contributed by atoms with E-state index in [-0.39, 0.29) is 29.9 Å². The summed E-state index contributed by atoms with van der Waals surface area (Å²) in [4.78, 5) is 61.5. The number of carbonyl (C=O) groups excluding carboxylic acids is 5. The molecule has 1 atom stereocenters. The summed E-state index contributed by atoms with van der Waals surface area (Å²) in [6, 6.07) is 3.83. The van der Waals surface area contributed by atoms with Crippen molar-refractivity contribution in [2.24, 2.45) is 0 Å². The van der Waals surface area contributed by atoms with Crippen molar-refractivity contribution in [3.63, 3.8) is 0 Å². The highest BCUT2D eigenvalue weighted by Crippen LogP contribution is 2.31. The molecule has 37 heavy (non-hydrogen) atoms. The predicted molar refractivity (Wildman–Crippen MR) is 134 cm³/mol. The number of carbonyl (C=O) groups is 5. The van der Waals surface area contributed by atoms with Crippen molar-refractivity contribution in [1.29, 1.82) is 0 Å². The number of anilines is 1. The zero-order valence-electron chi connectivity index (χ0n) is 21.8. The first-order valence-corrected chi connectivity index (χ1v) is 12.1. The minimum absolute atomic E-state index is 0.0136. The summed E-state index contributed by atoms with van der Waals surface area (Å²) in [6.07, 6.45) is 0.0745. The van der Waals surface area contributed by atoms with Gasteiger partial charge in [0.05, 0.1) is 43.6 Å². The normalized spacial score (nSPS) is 13.7. The molecule has 0 fully saturated rings. The highest BCUT2D eigenvalue weighted by atomic mass is 16.6. The molecule has 3 N–H and O–H groups in total. The van der Waals surface area contributed by atoms with Crippen LogP contribution in [0, 0.1) is 0 Å².